The third kappa shape index (κ3) is 4.62. The van der Waals surface area contributed by atoms with E-state index in [-0.39, 0.29) is 52.0 Å². The van der Waals surface area contributed by atoms with Gasteiger partial charge in [0.15, 0.2) is 0 Å². The van der Waals surface area contributed by atoms with Crippen LogP contribution in [0.15, 0.2) is 51.9 Å². The number of nitrogens with one attached hydrogen (secondary N) is 2. The predicted molar refractivity (Wildman–Crippen MR) is 162 cm³/mol. The van der Waals surface area contributed by atoms with E-state index >= 15 is 0 Å². The van der Waals surface area contributed by atoms with Crippen molar-refractivity contribution in [1.29, 1.82) is 0 Å². The minimum absolute atomic E-state index is 0.0216. The standard InChI is InChI=1S/C33H29F2N5O4/c1-3-23-25(35)6-5-20-11-22(41)12-24(26(20)23)29-18(2)28-27(31(42)44-29)30(37-15-19-7-9-36-14-19)39-32(38-28)43-17-33-8-4-10-40(33)16-21(34)13-33/h1,5-7,9,11-12,14,21,36,41H,4,8,10,13,15-17H2,2H3,(H,37,38,39)/t21-,33+/m1/s1. The van der Waals surface area contributed by atoms with Crippen molar-refractivity contribution in [2.75, 3.05) is 25.0 Å². The molecular formula is C33H29F2N5O4. The number of phenolic OH excluding ortho intramolecular Hbond substituents is 1. The van der Waals surface area contributed by atoms with E-state index in [1.165, 1.54) is 24.3 Å². The van der Waals surface area contributed by atoms with Crippen LogP contribution in [0, 0.1) is 25.1 Å². The SMILES string of the molecule is C#Cc1c(F)ccc2cc(O)cc(-c3oc(=O)c4c(NCc5cc[nH]c5)nc(OC[C@@]56CCCN5C[C@H](F)C6)nc4c3C)c12. The maximum atomic E-state index is 14.8. The van der Waals surface area contributed by atoms with Crippen LogP contribution in [-0.2, 0) is 6.54 Å². The van der Waals surface area contributed by atoms with Crippen molar-refractivity contribution in [1.82, 2.24) is 19.9 Å². The molecule has 0 radical (unpaired) electrons. The van der Waals surface area contributed by atoms with E-state index in [4.69, 9.17) is 15.6 Å². The number of nitrogens with zero attached hydrogens (tertiary/aromatic N) is 3. The summed E-state index contributed by atoms with van der Waals surface area (Å²) < 4.78 is 41.3. The van der Waals surface area contributed by atoms with Crippen LogP contribution in [0.5, 0.6) is 11.8 Å². The average Bonchev–Trinajstić information content (AvgIpc) is 3.73. The number of anilines is 1. The van der Waals surface area contributed by atoms with Crippen LogP contribution in [0.2, 0.25) is 0 Å². The molecule has 0 aliphatic carbocycles. The topological polar surface area (TPSA) is 117 Å². The summed E-state index contributed by atoms with van der Waals surface area (Å²) >= 11 is 0. The van der Waals surface area contributed by atoms with Gasteiger partial charge >= 0.3 is 11.6 Å². The predicted octanol–water partition coefficient (Wildman–Crippen LogP) is 5.43. The molecule has 3 aromatic heterocycles. The van der Waals surface area contributed by atoms with E-state index in [9.17, 15) is 18.7 Å². The lowest BCUT2D eigenvalue weighted by Gasteiger charge is -2.30. The number of rotatable bonds is 7. The number of alkyl halides is 1. The third-order valence-corrected chi connectivity index (χ3v) is 8.78. The Labute approximate surface area is 250 Å². The third-order valence-electron chi connectivity index (χ3n) is 8.78. The number of aromatic amines is 1. The summed E-state index contributed by atoms with van der Waals surface area (Å²) in [6, 6.07) is 7.47. The summed E-state index contributed by atoms with van der Waals surface area (Å²) in [6.45, 7) is 3.45. The zero-order valence-corrected chi connectivity index (χ0v) is 23.9. The summed E-state index contributed by atoms with van der Waals surface area (Å²) in [4.78, 5) is 28.0. The van der Waals surface area contributed by atoms with Crippen LogP contribution in [0.25, 0.3) is 33.0 Å². The van der Waals surface area contributed by atoms with Gasteiger partial charge in [-0.05, 0) is 61.5 Å². The first kappa shape index (κ1) is 27.9. The number of halogens is 2. The second-order valence-corrected chi connectivity index (χ2v) is 11.5. The van der Waals surface area contributed by atoms with Crippen LogP contribution in [0.4, 0.5) is 14.6 Å². The van der Waals surface area contributed by atoms with Crippen molar-refractivity contribution in [2.24, 2.45) is 0 Å². The summed E-state index contributed by atoms with van der Waals surface area (Å²) in [5.41, 5.74) is 0.658. The first-order valence-electron chi connectivity index (χ1n) is 14.4. The number of aromatic nitrogens is 3. The number of benzene rings is 2. The van der Waals surface area contributed by atoms with Crippen molar-refractivity contribution >= 4 is 27.5 Å². The maximum absolute atomic E-state index is 14.8. The zero-order chi connectivity index (χ0) is 30.6. The van der Waals surface area contributed by atoms with Gasteiger partial charge in [0.1, 0.15) is 41.3 Å². The van der Waals surface area contributed by atoms with E-state index in [0.29, 0.717) is 35.8 Å². The molecule has 9 nitrogen and oxygen atoms in total. The van der Waals surface area contributed by atoms with Gasteiger partial charge in [0.05, 0.1) is 16.6 Å². The number of ether oxygens (including phenoxy) is 1. The molecule has 0 unspecified atom stereocenters. The first-order valence-corrected chi connectivity index (χ1v) is 14.4. The maximum Gasteiger partial charge on any atom is 0.349 e. The molecule has 11 heteroatoms. The summed E-state index contributed by atoms with van der Waals surface area (Å²) in [6.07, 6.45) is 10.5. The highest BCUT2D eigenvalue weighted by molar-refractivity contribution is 6.03. The molecule has 0 bridgehead atoms. The van der Waals surface area contributed by atoms with Crippen molar-refractivity contribution in [2.45, 2.75) is 44.4 Å². The van der Waals surface area contributed by atoms with Crippen molar-refractivity contribution in [3.63, 3.8) is 0 Å². The Balaban J connectivity index is 1.39. The fourth-order valence-corrected chi connectivity index (χ4v) is 6.73. The van der Waals surface area contributed by atoms with Gasteiger partial charge in [-0.2, -0.15) is 9.97 Å². The minimum Gasteiger partial charge on any atom is -0.508 e. The Hall–Kier alpha value is -4.95. The lowest BCUT2D eigenvalue weighted by molar-refractivity contribution is 0.107. The average molecular weight is 598 g/mol. The van der Waals surface area contributed by atoms with Gasteiger partial charge in [-0.1, -0.05) is 12.0 Å². The molecule has 0 amide bonds. The minimum atomic E-state index is -0.917. The quantitative estimate of drug-likeness (QED) is 0.213. The Morgan fingerprint density at radius 1 is 1.30 bits per heavy atom. The second kappa shape index (κ2) is 10.6. The van der Waals surface area contributed by atoms with Gasteiger partial charge < -0.3 is 24.6 Å². The Morgan fingerprint density at radius 2 is 2.16 bits per heavy atom. The van der Waals surface area contributed by atoms with Gasteiger partial charge in [-0.3, -0.25) is 4.90 Å². The van der Waals surface area contributed by atoms with E-state index < -0.39 is 23.2 Å². The molecular weight excluding hydrogens is 568 g/mol. The molecule has 3 N–H and O–H groups in total. The molecule has 44 heavy (non-hydrogen) atoms. The number of aryl methyl sites for hydroxylation is 1. The fourth-order valence-electron chi connectivity index (χ4n) is 6.73. The van der Waals surface area contributed by atoms with Gasteiger partial charge in [-0.25, -0.2) is 13.6 Å². The molecule has 0 spiro atoms. The van der Waals surface area contributed by atoms with Crippen molar-refractivity contribution < 1.29 is 23.0 Å². The Bertz CT molecular complexity index is 2020. The summed E-state index contributed by atoms with van der Waals surface area (Å²) in [5.74, 6) is 1.93. The zero-order valence-electron chi connectivity index (χ0n) is 23.9. The summed E-state index contributed by atoms with van der Waals surface area (Å²) in [5, 5.41) is 14.6. The number of aromatic hydroxyl groups is 1. The van der Waals surface area contributed by atoms with Gasteiger partial charge in [0.25, 0.3) is 0 Å². The Morgan fingerprint density at radius 3 is 2.95 bits per heavy atom. The van der Waals surface area contributed by atoms with Crippen LogP contribution in [0.1, 0.15) is 36.0 Å². The van der Waals surface area contributed by atoms with Crippen LogP contribution in [0.3, 0.4) is 0 Å². The molecule has 0 saturated carbocycles. The molecule has 2 atom stereocenters. The largest absolute Gasteiger partial charge is 0.508 e. The molecule has 224 valence electrons. The fraction of sp³-hybridized carbons (Fsp3) is 0.303. The molecule has 2 aromatic carbocycles. The van der Waals surface area contributed by atoms with Crippen LogP contribution < -0.4 is 15.7 Å². The normalized spacial score (nSPS) is 19.8. The number of phenols is 1. The van der Waals surface area contributed by atoms with E-state index in [1.54, 1.807) is 13.1 Å². The molecule has 2 saturated heterocycles. The highest BCUT2D eigenvalue weighted by Gasteiger charge is 2.49. The number of hydrogen-bond acceptors (Lipinski definition) is 8. The first-order chi connectivity index (χ1) is 21.3. The molecule has 2 aliphatic heterocycles. The van der Waals surface area contributed by atoms with E-state index in [2.05, 4.69) is 31.1 Å². The number of H-pyrrole nitrogens is 1. The lowest BCUT2D eigenvalue weighted by Crippen LogP contribution is -2.43. The Kier molecular flexibility index (Phi) is 6.74. The highest BCUT2D eigenvalue weighted by Crippen LogP contribution is 2.41. The highest BCUT2D eigenvalue weighted by atomic mass is 19.1. The van der Waals surface area contributed by atoms with Gasteiger partial charge in [0, 0.05) is 48.4 Å². The molecule has 2 aliphatic rings. The lowest BCUT2D eigenvalue weighted by atomic mass is 9.95. The second-order valence-electron chi connectivity index (χ2n) is 11.5. The number of terminal acetylenes is 1. The van der Waals surface area contributed by atoms with Crippen molar-refractivity contribution in [3.05, 3.63) is 75.7 Å². The molecule has 7 rings (SSSR count). The summed E-state index contributed by atoms with van der Waals surface area (Å²) in [7, 11) is 0. The number of fused-ring (bicyclic) bond motifs is 3. The number of hydrogen-bond donors (Lipinski definition) is 3. The molecule has 5 heterocycles. The van der Waals surface area contributed by atoms with E-state index in [0.717, 1.165) is 24.9 Å². The van der Waals surface area contributed by atoms with Crippen LogP contribution in [-0.4, -0.2) is 56.4 Å². The van der Waals surface area contributed by atoms with E-state index in [1.807, 2.05) is 12.3 Å². The molecule has 5 aromatic rings. The van der Waals surface area contributed by atoms with Gasteiger partial charge in [-0.15, -0.1) is 6.42 Å². The van der Waals surface area contributed by atoms with Gasteiger partial charge in [0.2, 0.25) is 0 Å². The monoisotopic (exact) mass is 597 g/mol. The van der Waals surface area contributed by atoms with Crippen molar-refractivity contribution in [3.8, 4) is 35.4 Å². The molecule has 2 fully saturated rings. The van der Waals surface area contributed by atoms with Crippen LogP contribution >= 0.6 is 0 Å². The smallest absolute Gasteiger partial charge is 0.349 e.